The lowest BCUT2D eigenvalue weighted by Gasteiger charge is -2.26. The molecule has 5 nitrogen and oxygen atoms in total. The zero-order valence-electron chi connectivity index (χ0n) is 14.1. The number of benzene rings is 1. The summed E-state index contributed by atoms with van der Waals surface area (Å²) in [6, 6.07) is 9.39. The lowest BCUT2D eigenvalue weighted by atomic mass is 10.1. The number of nitrogens with zero attached hydrogens (tertiary/aromatic N) is 2. The van der Waals surface area contributed by atoms with E-state index in [1.54, 1.807) is 36.5 Å². The average Bonchev–Trinajstić information content (AvgIpc) is 2.59. The van der Waals surface area contributed by atoms with Crippen LogP contribution in [-0.2, 0) is 0 Å². The molecule has 2 atom stereocenters. The zero-order valence-corrected chi connectivity index (χ0v) is 14.1. The van der Waals surface area contributed by atoms with Gasteiger partial charge in [-0.25, -0.2) is 9.18 Å². The maximum absolute atomic E-state index is 13.1. The highest BCUT2D eigenvalue weighted by molar-refractivity contribution is 5.74. The lowest BCUT2D eigenvalue weighted by molar-refractivity contribution is 0.179. The summed E-state index contributed by atoms with van der Waals surface area (Å²) in [5.74, 6) is 0.0857. The number of carbonyl (C=O) groups is 1. The molecular formula is C18H22FN3O2. The normalized spacial score (nSPS) is 13.0. The summed E-state index contributed by atoms with van der Waals surface area (Å²) in [6.45, 7) is 4.07. The molecule has 0 aliphatic carbocycles. The smallest absolute Gasteiger partial charge is 0.317 e. The third-order valence-electron chi connectivity index (χ3n) is 3.74. The Morgan fingerprint density at radius 2 is 2.12 bits per heavy atom. The van der Waals surface area contributed by atoms with Crippen LogP contribution in [0.2, 0.25) is 0 Å². The van der Waals surface area contributed by atoms with Crippen LogP contribution in [0.1, 0.15) is 25.5 Å². The van der Waals surface area contributed by atoms with E-state index in [1.165, 1.54) is 12.1 Å². The summed E-state index contributed by atoms with van der Waals surface area (Å²) in [5.41, 5.74) is 0.958. The minimum atomic E-state index is -0.353. The van der Waals surface area contributed by atoms with Crippen LogP contribution in [0, 0.1) is 5.82 Å². The van der Waals surface area contributed by atoms with Gasteiger partial charge in [0.2, 0.25) is 0 Å². The lowest BCUT2D eigenvalue weighted by Crippen LogP contribution is -2.42. The molecule has 2 aromatic rings. The molecule has 0 spiro atoms. The highest BCUT2D eigenvalue weighted by Gasteiger charge is 2.18. The van der Waals surface area contributed by atoms with Crippen LogP contribution in [0.4, 0.5) is 9.18 Å². The number of ether oxygens (including phenoxy) is 1. The van der Waals surface area contributed by atoms with E-state index >= 15 is 0 Å². The van der Waals surface area contributed by atoms with E-state index in [2.05, 4.69) is 10.3 Å². The topological polar surface area (TPSA) is 54.5 Å². The fourth-order valence-electron chi connectivity index (χ4n) is 2.19. The fraction of sp³-hybridized carbons (Fsp3) is 0.333. The van der Waals surface area contributed by atoms with Crippen molar-refractivity contribution in [1.82, 2.24) is 15.2 Å². The van der Waals surface area contributed by atoms with Gasteiger partial charge in [-0.15, -0.1) is 0 Å². The molecule has 24 heavy (non-hydrogen) atoms. The molecule has 1 N–H and O–H groups in total. The molecule has 128 valence electrons. The van der Waals surface area contributed by atoms with Crippen molar-refractivity contribution in [2.45, 2.75) is 26.0 Å². The number of halogens is 1. The van der Waals surface area contributed by atoms with Crippen molar-refractivity contribution < 1.29 is 13.9 Å². The predicted molar refractivity (Wildman–Crippen MR) is 90.3 cm³/mol. The molecule has 0 radical (unpaired) electrons. The van der Waals surface area contributed by atoms with Crippen LogP contribution in [-0.4, -0.2) is 35.6 Å². The molecule has 0 saturated heterocycles. The largest absolute Gasteiger partial charge is 0.489 e. The standard InChI is InChI=1S/C18H22FN3O2/c1-13(24-17-8-4-7-16(19)10-17)11-21-18(23)22(3)14(2)15-6-5-9-20-12-15/h4-10,12-14H,11H2,1-3H3,(H,21,23)/t13-,14+/m0/s1. The van der Waals surface area contributed by atoms with Crippen molar-refractivity contribution in [1.29, 1.82) is 0 Å². The van der Waals surface area contributed by atoms with Crippen molar-refractivity contribution >= 4 is 6.03 Å². The summed E-state index contributed by atoms with van der Waals surface area (Å²) in [4.78, 5) is 17.9. The van der Waals surface area contributed by atoms with E-state index in [-0.39, 0.29) is 24.0 Å². The first kappa shape index (κ1) is 17.7. The van der Waals surface area contributed by atoms with Crippen molar-refractivity contribution in [3.63, 3.8) is 0 Å². The van der Waals surface area contributed by atoms with Gasteiger partial charge < -0.3 is 15.0 Å². The number of amides is 2. The number of carbonyl (C=O) groups excluding carboxylic acids is 1. The fourth-order valence-corrected chi connectivity index (χ4v) is 2.19. The monoisotopic (exact) mass is 331 g/mol. The Morgan fingerprint density at radius 1 is 1.33 bits per heavy atom. The van der Waals surface area contributed by atoms with Gasteiger partial charge in [0.05, 0.1) is 12.6 Å². The van der Waals surface area contributed by atoms with E-state index < -0.39 is 0 Å². The molecular weight excluding hydrogens is 309 g/mol. The summed E-state index contributed by atoms with van der Waals surface area (Å²) in [5, 5.41) is 2.82. The van der Waals surface area contributed by atoms with Gasteiger partial charge in [0.15, 0.2) is 0 Å². The highest BCUT2D eigenvalue weighted by Crippen LogP contribution is 2.17. The molecule has 0 fully saturated rings. The van der Waals surface area contributed by atoms with Gasteiger partial charge in [-0.05, 0) is 37.6 Å². The number of nitrogens with one attached hydrogen (secondary N) is 1. The second kappa shape index (κ2) is 8.29. The quantitative estimate of drug-likeness (QED) is 0.883. The Hall–Kier alpha value is -2.63. The number of aromatic nitrogens is 1. The summed E-state index contributed by atoms with van der Waals surface area (Å²) in [7, 11) is 1.73. The van der Waals surface area contributed by atoms with Crippen molar-refractivity contribution in [3.8, 4) is 5.75 Å². The maximum atomic E-state index is 13.1. The van der Waals surface area contributed by atoms with Crippen LogP contribution < -0.4 is 10.1 Å². The van der Waals surface area contributed by atoms with Crippen LogP contribution in [0.15, 0.2) is 48.8 Å². The van der Waals surface area contributed by atoms with Gasteiger partial charge in [0.1, 0.15) is 17.7 Å². The minimum Gasteiger partial charge on any atom is -0.489 e. The number of rotatable bonds is 6. The predicted octanol–water partition coefficient (Wildman–Crippen LogP) is 3.39. The number of pyridine rings is 1. The number of urea groups is 1. The molecule has 0 saturated carbocycles. The zero-order chi connectivity index (χ0) is 17.5. The Labute approximate surface area is 141 Å². The van der Waals surface area contributed by atoms with E-state index in [0.29, 0.717) is 12.3 Å². The van der Waals surface area contributed by atoms with Gasteiger partial charge in [0, 0.05) is 25.5 Å². The Bertz CT molecular complexity index is 666. The molecule has 6 heteroatoms. The van der Waals surface area contributed by atoms with Gasteiger partial charge in [-0.1, -0.05) is 12.1 Å². The minimum absolute atomic E-state index is 0.0989. The third kappa shape index (κ3) is 4.94. The molecule has 1 aromatic carbocycles. The highest BCUT2D eigenvalue weighted by atomic mass is 19.1. The first-order valence-electron chi connectivity index (χ1n) is 7.80. The van der Waals surface area contributed by atoms with Gasteiger partial charge in [0.25, 0.3) is 0 Å². The second-order valence-corrected chi connectivity index (χ2v) is 5.65. The van der Waals surface area contributed by atoms with Gasteiger partial charge in [-0.2, -0.15) is 0 Å². The van der Waals surface area contributed by atoms with Gasteiger partial charge >= 0.3 is 6.03 Å². The van der Waals surface area contributed by atoms with Crippen molar-refractivity contribution in [2.24, 2.45) is 0 Å². The summed E-state index contributed by atoms with van der Waals surface area (Å²) >= 11 is 0. The average molecular weight is 331 g/mol. The SMILES string of the molecule is C[C@H](c1cccnc1)N(C)C(=O)NC[C@H](C)Oc1cccc(F)c1. The molecule has 2 amide bonds. The molecule has 1 aromatic heterocycles. The molecule has 0 bridgehead atoms. The molecule has 0 aliphatic rings. The maximum Gasteiger partial charge on any atom is 0.317 e. The van der Waals surface area contributed by atoms with Crippen LogP contribution in [0.3, 0.4) is 0 Å². The molecule has 0 unspecified atom stereocenters. The Kier molecular flexibility index (Phi) is 6.12. The second-order valence-electron chi connectivity index (χ2n) is 5.65. The van der Waals surface area contributed by atoms with E-state index in [1.807, 2.05) is 26.0 Å². The van der Waals surface area contributed by atoms with Gasteiger partial charge in [-0.3, -0.25) is 4.98 Å². The molecule has 1 heterocycles. The van der Waals surface area contributed by atoms with Crippen molar-refractivity contribution in [2.75, 3.05) is 13.6 Å². The van der Waals surface area contributed by atoms with Crippen LogP contribution >= 0.6 is 0 Å². The Balaban J connectivity index is 1.83. The first-order valence-corrected chi connectivity index (χ1v) is 7.80. The molecule has 0 aliphatic heterocycles. The summed E-state index contributed by atoms with van der Waals surface area (Å²) in [6.07, 6.45) is 3.16. The first-order chi connectivity index (χ1) is 11.5. The molecule has 2 rings (SSSR count). The summed E-state index contributed by atoms with van der Waals surface area (Å²) < 4.78 is 18.7. The third-order valence-corrected chi connectivity index (χ3v) is 3.74. The van der Waals surface area contributed by atoms with Crippen LogP contribution in [0.25, 0.3) is 0 Å². The van der Waals surface area contributed by atoms with Crippen LogP contribution in [0.5, 0.6) is 5.75 Å². The Morgan fingerprint density at radius 3 is 2.79 bits per heavy atom. The van der Waals surface area contributed by atoms with Crippen molar-refractivity contribution in [3.05, 3.63) is 60.2 Å². The van der Waals surface area contributed by atoms with E-state index in [4.69, 9.17) is 4.74 Å². The number of hydrogen-bond acceptors (Lipinski definition) is 3. The van der Waals surface area contributed by atoms with E-state index in [0.717, 1.165) is 5.56 Å². The number of hydrogen-bond donors (Lipinski definition) is 1. The van der Waals surface area contributed by atoms with E-state index in [9.17, 15) is 9.18 Å².